The minimum absolute atomic E-state index is 0.0363. The van der Waals surface area contributed by atoms with Crippen LogP contribution in [0.5, 0.6) is 0 Å². The molecule has 182 valence electrons. The van der Waals surface area contributed by atoms with Crippen molar-refractivity contribution in [3.63, 3.8) is 0 Å². The summed E-state index contributed by atoms with van der Waals surface area (Å²) in [7, 11) is 0. The second-order valence-electron chi connectivity index (χ2n) is 7.71. The largest absolute Gasteiger partial charge is 0.430 e. The fourth-order valence-electron chi connectivity index (χ4n) is 3.72. The highest BCUT2D eigenvalue weighted by Gasteiger charge is 2.71. The summed E-state index contributed by atoms with van der Waals surface area (Å²) in [6.07, 6.45) is -12.0. The molecule has 0 radical (unpaired) electrons. The van der Waals surface area contributed by atoms with Gasteiger partial charge in [-0.2, -0.15) is 26.3 Å². The second kappa shape index (κ2) is 8.69. The molecule has 4 rings (SSSR count). The molecule has 4 nitrogen and oxygen atoms in total. The van der Waals surface area contributed by atoms with Gasteiger partial charge in [0.2, 0.25) is 0 Å². The summed E-state index contributed by atoms with van der Waals surface area (Å²) in [4.78, 5) is 17.8. The van der Waals surface area contributed by atoms with Gasteiger partial charge < -0.3 is 5.11 Å². The summed E-state index contributed by atoms with van der Waals surface area (Å²) in [6, 6.07) is 15.9. The predicted molar refractivity (Wildman–Crippen MR) is 118 cm³/mol. The maximum atomic E-state index is 13.3. The minimum atomic E-state index is -6.02. The second-order valence-corrected chi connectivity index (χ2v) is 8.11. The molecule has 11 heteroatoms. The molecule has 0 aliphatic rings. The molecule has 1 N–H and O–H groups in total. The first kappa shape index (κ1) is 24.7. The highest BCUT2D eigenvalue weighted by atomic mass is 35.5. The van der Waals surface area contributed by atoms with Crippen LogP contribution >= 0.6 is 11.6 Å². The van der Waals surface area contributed by atoms with Crippen LogP contribution in [0.1, 0.15) is 17.0 Å². The summed E-state index contributed by atoms with van der Waals surface area (Å²) in [5.74, 6) is 0.163. The van der Waals surface area contributed by atoms with Gasteiger partial charge in [0.1, 0.15) is 5.82 Å². The molecule has 0 bridgehead atoms. The van der Waals surface area contributed by atoms with Crippen molar-refractivity contribution in [2.24, 2.45) is 0 Å². The average molecular weight is 513 g/mol. The lowest BCUT2D eigenvalue weighted by molar-refractivity contribution is -0.376. The summed E-state index contributed by atoms with van der Waals surface area (Å²) in [6.45, 7) is 0. The first-order chi connectivity index (χ1) is 16.3. The molecule has 0 saturated carbocycles. The van der Waals surface area contributed by atoms with Crippen molar-refractivity contribution < 1.29 is 31.4 Å². The number of halogens is 7. The van der Waals surface area contributed by atoms with Gasteiger partial charge in [-0.1, -0.05) is 54.1 Å². The van der Waals surface area contributed by atoms with Crippen LogP contribution in [0.4, 0.5) is 26.3 Å². The molecule has 0 saturated heterocycles. The quantitative estimate of drug-likeness (QED) is 0.344. The Morgan fingerprint density at radius 2 is 1.40 bits per heavy atom. The van der Waals surface area contributed by atoms with Crippen LogP contribution in [0.3, 0.4) is 0 Å². The fourth-order valence-corrected chi connectivity index (χ4v) is 3.92. The van der Waals surface area contributed by atoms with Crippen molar-refractivity contribution >= 4 is 22.5 Å². The topological polar surface area (TPSA) is 55.1 Å². The van der Waals surface area contributed by atoms with Crippen LogP contribution in [-0.4, -0.2) is 27.0 Å². The Morgan fingerprint density at radius 3 is 2.00 bits per heavy atom. The average Bonchev–Trinajstić information content (AvgIpc) is 2.79. The lowest BCUT2D eigenvalue weighted by Gasteiger charge is -2.32. The molecule has 0 atom stereocenters. The zero-order valence-corrected chi connectivity index (χ0v) is 18.3. The Kier molecular flexibility index (Phi) is 6.14. The molecule has 0 fully saturated rings. The standard InChI is InChI=1S/C24H15ClF6N2O2/c25-18-7-3-1-5-14(18)13-20-32-19-8-4-2-6-17(19)21(34)33(20)16-11-9-15(10-12-16)22(35,23(26,27)28)24(29,30)31/h1-12,35H,13H2. The van der Waals surface area contributed by atoms with Crippen LogP contribution < -0.4 is 5.56 Å². The Bertz CT molecular complexity index is 1430. The maximum Gasteiger partial charge on any atom is 0.430 e. The lowest BCUT2D eigenvalue weighted by atomic mass is 9.92. The molecule has 0 aliphatic carbocycles. The monoisotopic (exact) mass is 512 g/mol. The number of para-hydroxylation sites is 1. The van der Waals surface area contributed by atoms with E-state index in [4.69, 9.17) is 11.6 Å². The molecular weight excluding hydrogens is 498 g/mol. The Hall–Kier alpha value is -3.37. The molecule has 1 aromatic heterocycles. The molecule has 0 spiro atoms. The Labute approximate surface area is 199 Å². The first-order valence-corrected chi connectivity index (χ1v) is 10.4. The predicted octanol–water partition coefficient (Wildman–Crippen LogP) is 5.94. The molecule has 0 aliphatic heterocycles. The van der Waals surface area contributed by atoms with E-state index < -0.39 is 29.1 Å². The van der Waals surface area contributed by atoms with E-state index in [9.17, 15) is 36.2 Å². The molecule has 4 aromatic rings. The number of hydrogen-bond acceptors (Lipinski definition) is 3. The molecule has 1 heterocycles. The summed E-state index contributed by atoms with van der Waals surface area (Å²) >= 11 is 6.23. The van der Waals surface area contributed by atoms with E-state index in [0.717, 1.165) is 16.7 Å². The SMILES string of the molecule is O=c1c2ccccc2nc(Cc2ccccc2Cl)n1-c1ccc(C(O)(C(F)(F)F)C(F)(F)F)cc1. The number of alkyl halides is 6. The molecule has 35 heavy (non-hydrogen) atoms. The Balaban J connectivity index is 1.90. The van der Waals surface area contributed by atoms with Gasteiger partial charge in [-0.15, -0.1) is 0 Å². The van der Waals surface area contributed by atoms with Gasteiger partial charge in [0, 0.05) is 17.0 Å². The van der Waals surface area contributed by atoms with Crippen molar-refractivity contribution in [2.75, 3.05) is 0 Å². The van der Waals surface area contributed by atoms with E-state index in [1.807, 2.05) is 0 Å². The van der Waals surface area contributed by atoms with Crippen LogP contribution in [0, 0.1) is 0 Å². The van der Waals surface area contributed by atoms with Crippen molar-refractivity contribution in [1.82, 2.24) is 9.55 Å². The molecular formula is C24H15ClF6N2O2. The van der Waals surface area contributed by atoms with E-state index in [2.05, 4.69) is 4.98 Å². The molecule has 3 aromatic carbocycles. The van der Waals surface area contributed by atoms with Gasteiger partial charge in [-0.3, -0.25) is 9.36 Å². The zero-order chi connectivity index (χ0) is 25.6. The van der Waals surface area contributed by atoms with Gasteiger partial charge in [0.05, 0.1) is 16.6 Å². The third-order valence-electron chi connectivity index (χ3n) is 5.52. The summed E-state index contributed by atoms with van der Waals surface area (Å²) in [5.41, 5.74) is -6.17. The van der Waals surface area contributed by atoms with E-state index in [0.29, 0.717) is 28.2 Å². The highest BCUT2D eigenvalue weighted by molar-refractivity contribution is 6.31. The normalized spacial score (nSPS) is 12.8. The molecule has 0 unspecified atom stereocenters. The number of rotatable bonds is 4. The Morgan fingerprint density at radius 1 is 0.829 bits per heavy atom. The third kappa shape index (κ3) is 4.28. The van der Waals surface area contributed by atoms with E-state index >= 15 is 0 Å². The van der Waals surface area contributed by atoms with Crippen LogP contribution in [0.25, 0.3) is 16.6 Å². The fraction of sp³-hybridized carbons (Fsp3) is 0.167. The smallest absolute Gasteiger partial charge is 0.369 e. The zero-order valence-electron chi connectivity index (χ0n) is 17.5. The van der Waals surface area contributed by atoms with Crippen LogP contribution in [0.15, 0.2) is 77.6 Å². The lowest BCUT2D eigenvalue weighted by Crippen LogP contribution is -2.53. The van der Waals surface area contributed by atoms with Crippen molar-refractivity contribution in [3.05, 3.63) is 105 Å². The van der Waals surface area contributed by atoms with Crippen molar-refractivity contribution in [2.45, 2.75) is 24.4 Å². The van der Waals surface area contributed by atoms with Crippen molar-refractivity contribution in [1.29, 1.82) is 0 Å². The van der Waals surface area contributed by atoms with Crippen LogP contribution in [-0.2, 0) is 12.0 Å². The van der Waals surface area contributed by atoms with Gasteiger partial charge in [0.15, 0.2) is 0 Å². The summed E-state index contributed by atoms with van der Waals surface area (Å²) in [5, 5.41) is 10.2. The number of fused-ring (bicyclic) bond motifs is 1. The van der Waals surface area contributed by atoms with Gasteiger partial charge in [-0.05, 0) is 35.9 Å². The van der Waals surface area contributed by atoms with Gasteiger partial charge >= 0.3 is 12.4 Å². The van der Waals surface area contributed by atoms with E-state index in [1.54, 1.807) is 42.5 Å². The van der Waals surface area contributed by atoms with E-state index in [1.165, 1.54) is 6.07 Å². The van der Waals surface area contributed by atoms with Crippen molar-refractivity contribution in [3.8, 4) is 5.69 Å². The number of hydrogen-bond donors (Lipinski definition) is 1. The number of aromatic nitrogens is 2. The number of benzene rings is 3. The first-order valence-electron chi connectivity index (χ1n) is 10.1. The van der Waals surface area contributed by atoms with Gasteiger partial charge in [0.25, 0.3) is 11.2 Å². The summed E-state index contributed by atoms with van der Waals surface area (Å²) < 4.78 is 80.6. The minimum Gasteiger partial charge on any atom is -0.369 e. The van der Waals surface area contributed by atoms with Gasteiger partial charge in [-0.25, -0.2) is 4.98 Å². The maximum absolute atomic E-state index is 13.3. The highest BCUT2D eigenvalue weighted by Crippen LogP contribution is 2.50. The van der Waals surface area contributed by atoms with Crippen LogP contribution in [0.2, 0.25) is 5.02 Å². The number of nitrogens with zero attached hydrogens (tertiary/aromatic N) is 2. The third-order valence-corrected chi connectivity index (χ3v) is 5.88. The molecule has 0 amide bonds. The number of aliphatic hydroxyl groups is 1. The van der Waals surface area contributed by atoms with E-state index in [-0.39, 0.29) is 23.3 Å².